The van der Waals surface area contributed by atoms with Gasteiger partial charge in [0.25, 0.3) is 11.8 Å². The van der Waals surface area contributed by atoms with Gasteiger partial charge in [-0.05, 0) is 73.7 Å². The zero-order valence-electron chi connectivity index (χ0n) is 27.7. The van der Waals surface area contributed by atoms with Crippen LogP contribution < -0.4 is 10.3 Å². The van der Waals surface area contributed by atoms with Crippen LogP contribution in [0.4, 0.5) is 11.4 Å². The minimum atomic E-state index is -1.55. The summed E-state index contributed by atoms with van der Waals surface area (Å²) in [7, 11) is 0. The Hall–Kier alpha value is -5.75. The van der Waals surface area contributed by atoms with Gasteiger partial charge in [0.05, 0.1) is 34.5 Å². The third kappa shape index (κ3) is 4.80. The van der Waals surface area contributed by atoms with Crippen molar-refractivity contribution in [3.63, 3.8) is 0 Å². The maximum atomic E-state index is 15.2. The number of aromatic hydroxyl groups is 2. The van der Waals surface area contributed by atoms with Crippen LogP contribution in [0.15, 0.2) is 107 Å². The van der Waals surface area contributed by atoms with E-state index in [2.05, 4.69) is 21.4 Å². The maximum Gasteiger partial charge on any atom is 0.339 e. The maximum absolute atomic E-state index is 15.2. The number of imide groups is 2. The van der Waals surface area contributed by atoms with Crippen molar-refractivity contribution >= 4 is 56.9 Å². The van der Waals surface area contributed by atoms with Gasteiger partial charge in [0, 0.05) is 22.0 Å². The number of hydrogen-bond acceptors (Lipinski definition) is 8. The first-order chi connectivity index (χ1) is 24.9. The molecule has 6 atom stereocenters. The molecule has 262 valence electrons. The minimum absolute atomic E-state index is 0.0321. The number of amides is 4. The lowest BCUT2D eigenvalue weighted by atomic mass is 9.49. The summed E-state index contributed by atoms with van der Waals surface area (Å²) in [5.74, 6) is -8.48. The van der Waals surface area contributed by atoms with Crippen LogP contribution in [-0.4, -0.2) is 49.9 Å². The molecular formula is C40H32BrN3O8. The number of aryl methyl sites for hydroxylation is 1. The quantitative estimate of drug-likeness (QED) is 0.135. The van der Waals surface area contributed by atoms with Crippen molar-refractivity contribution in [2.24, 2.45) is 23.7 Å². The Morgan fingerprint density at radius 3 is 2.27 bits per heavy atom. The Labute approximate surface area is 306 Å². The van der Waals surface area contributed by atoms with Crippen LogP contribution >= 0.6 is 15.9 Å². The number of phenolic OH excluding ortho intramolecular Hbond substituents is 1. The normalized spacial score (nSPS) is 26.5. The van der Waals surface area contributed by atoms with Gasteiger partial charge in [-0.25, -0.2) is 9.69 Å². The highest BCUT2D eigenvalue weighted by molar-refractivity contribution is 9.10. The number of anilines is 2. The van der Waals surface area contributed by atoms with Gasteiger partial charge in [-0.1, -0.05) is 75.6 Å². The monoisotopic (exact) mass is 761 g/mol. The molecule has 4 N–H and O–H groups in total. The number of rotatable bonds is 6. The number of aromatic carboxylic acids is 1. The Bertz CT molecular complexity index is 2240. The molecule has 4 amide bonds. The predicted molar refractivity (Wildman–Crippen MR) is 192 cm³/mol. The van der Waals surface area contributed by atoms with E-state index in [0.717, 1.165) is 27.6 Å². The highest BCUT2D eigenvalue weighted by atomic mass is 79.9. The fourth-order valence-electron chi connectivity index (χ4n) is 8.94. The van der Waals surface area contributed by atoms with E-state index in [1.165, 1.54) is 12.1 Å². The van der Waals surface area contributed by atoms with E-state index in [-0.39, 0.29) is 29.8 Å². The lowest BCUT2D eigenvalue weighted by Gasteiger charge is -2.50. The fourth-order valence-corrected chi connectivity index (χ4v) is 9.32. The molecule has 3 fully saturated rings. The Balaban J connectivity index is 1.30. The van der Waals surface area contributed by atoms with Crippen molar-refractivity contribution in [3.8, 4) is 11.5 Å². The lowest BCUT2D eigenvalue weighted by molar-refractivity contribution is -0.138. The van der Waals surface area contributed by atoms with Gasteiger partial charge in [-0.15, -0.1) is 0 Å². The van der Waals surface area contributed by atoms with E-state index in [4.69, 9.17) is 0 Å². The second kappa shape index (κ2) is 12.2. The average molecular weight is 763 g/mol. The molecule has 11 nitrogen and oxygen atoms in total. The Morgan fingerprint density at radius 1 is 0.846 bits per heavy atom. The first kappa shape index (κ1) is 33.4. The zero-order valence-corrected chi connectivity index (χ0v) is 29.3. The van der Waals surface area contributed by atoms with Crippen LogP contribution in [0.25, 0.3) is 0 Å². The summed E-state index contributed by atoms with van der Waals surface area (Å²) in [5.41, 5.74) is 4.31. The molecule has 0 bridgehead atoms. The van der Waals surface area contributed by atoms with E-state index in [1.807, 2.05) is 31.2 Å². The number of carboxylic acids is 1. The number of carbonyl (C=O) groups excluding carboxylic acids is 4. The molecule has 8 rings (SSSR count). The molecule has 1 saturated carbocycles. The second-order valence-corrected chi connectivity index (χ2v) is 14.7. The standard InChI is InChI=1S/C40H32BrN3O8/c1-20-7-10-23(11-8-20)42-44-36(48)30-19-28-25(14-15-27-33(28)37(49)43(35(27)47)24-12-13-26(38(50)51)32(46)18-24)34(29-17-22(41)9-16-31(29)45)40(30,39(44)52)21-5-3-2-4-6-21/h2-14,16-18,27-28,30,33-34,42,45-46H,15,19H2,1H3,(H,50,51). The van der Waals surface area contributed by atoms with Crippen molar-refractivity contribution in [1.29, 1.82) is 0 Å². The number of hydrazine groups is 1. The predicted octanol–water partition coefficient (Wildman–Crippen LogP) is 6.06. The van der Waals surface area contributed by atoms with E-state index in [0.29, 0.717) is 26.9 Å². The summed E-state index contributed by atoms with van der Waals surface area (Å²) in [6.45, 7) is 1.93. The molecule has 2 aliphatic heterocycles. The Kier molecular flexibility index (Phi) is 7.83. The first-order valence-corrected chi connectivity index (χ1v) is 17.6. The molecule has 2 aliphatic carbocycles. The summed E-state index contributed by atoms with van der Waals surface area (Å²) in [6.07, 6.45) is 2.08. The number of hydrogen-bond donors (Lipinski definition) is 4. The number of phenols is 2. The van der Waals surface area contributed by atoms with Gasteiger partial charge >= 0.3 is 5.97 Å². The number of halogens is 1. The fraction of sp³-hybridized carbons (Fsp3) is 0.225. The average Bonchev–Trinajstić information content (AvgIpc) is 3.51. The van der Waals surface area contributed by atoms with E-state index in [1.54, 1.807) is 48.5 Å². The molecule has 12 heteroatoms. The number of allylic oxidation sites excluding steroid dienone is 2. The van der Waals surface area contributed by atoms with Gasteiger partial charge in [-0.2, -0.15) is 5.01 Å². The molecule has 6 unspecified atom stereocenters. The molecule has 0 aromatic heterocycles. The summed E-state index contributed by atoms with van der Waals surface area (Å²) in [6, 6.07) is 24.7. The van der Waals surface area contributed by atoms with Crippen molar-refractivity contribution in [2.45, 2.75) is 31.1 Å². The van der Waals surface area contributed by atoms with Crippen molar-refractivity contribution in [2.75, 3.05) is 10.3 Å². The molecule has 2 saturated heterocycles. The molecule has 52 heavy (non-hydrogen) atoms. The van der Waals surface area contributed by atoms with Gasteiger partial charge in [0.2, 0.25) is 11.8 Å². The molecule has 4 aromatic carbocycles. The summed E-state index contributed by atoms with van der Waals surface area (Å²) < 4.78 is 0.630. The van der Waals surface area contributed by atoms with Gasteiger partial charge in [0.15, 0.2) is 0 Å². The number of nitrogens with one attached hydrogen (secondary N) is 1. The summed E-state index contributed by atoms with van der Waals surface area (Å²) >= 11 is 3.53. The van der Waals surface area contributed by atoms with Crippen molar-refractivity contribution in [1.82, 2.24) is 5.01 Å². The summed E-state index contributed by atoms with van der Waals surface area (Å²) in [5, 5.41) is 32.4. The van der Waals surface area contributed by atoms with Crippen LogP contribution in [0.2, 0.25) is 0 Å². The number of carbonyl (C=O) groups is 5. The topological polar surface area (TPSA) is 165 Å². The van der Waals surface area contributed by atoms with Gasteiger partial charge in [0.1, 0.15) is 17.1 Å². The van der Waals surface area contributed by atoms with E-state index >= 15 is 4.79 Å². The zero-order chi connectivity index (χ0) is 36.6. The van der Waals surface area contributed by atoms with Gasteiger partial charge in [-0.3, -0.25) is 24.6 Å². The smallest absolute Gasteiger partial charge is 0.339 e. The molecule has 4 aliphatic rings. The number of fused-ring (bicyclic) bond motifs is 4. The number of benzene rings is 4. The van der Waals surface area contributed by atoms with Crippen molar-refractivity contribution in [3.05, 3.63) is 129 Å². The third-order valence-corrected chi connectivity index (χ3v) is 11.7. The highest BCUT2D eigenvalue weighted by Crippen LogP contribution is 2.65. The summed E-state index contributed by atoms with van der Waals surface area (Å²) in [4.78, 5) is 71.0. The van der Waals surface area contributed by atoms with Gasteiger partial charge < -0.3 is 15.3 Å². The first-order valence-electron chi connectivity index (χ1n) is 16.8. The highest BCUT2D eigenvalue weighted by Gasteiger charge is 2.70. The molecule has 2 heterocycles. The Morgan fingerprint density at radius 2 is 1.58 bits per heavy atom. The number of nitrogens with zero attached hydrogens (tertiary/aromatic N) is 2. The molecule has 0 radical (unpaired) electrons. The molecule has 4 aromatic rings. The largest absolute Gasteiger partial charge is 0.508 e. The van der Waals surface area contributed by atoms with Crippen molar-refractivity contribution < 1.29 is 39.3 Å². The van der Waals surface area contributed by atoms with Crippen LogP contribution in [0.1, 0.15) is 45.8 Å². The van der Waals surface area contributed by atoms with Crippen LogP contribution in [0, 0.1) is 30.6 Å². The van der Waals surface area contributed by atoms with E-state index in [9.17, 15) is 34.5 Å². The lowest BCUT2D eigenvalue weighted by Crippen LogP contribution is -2.53. The number of carboxylic acid groups (broad SMARTS) is 1. The third-order valence-electron chi connectivity index (χ3n) is 11.2. The van der Waals surface area contributed by atoms with E-state index < -0.39 is 70.4 Å². The van der Waals surface area contributed by atoms with Crippen LogP contribution in [-0.2, 0) is 24.6 Å². The van der Waals surface area contributed by atoms with Crippen LogP contribution in [0.5, 0.6) is 11.5 Å². The molecule has 0 spiro atoms. The SMILES string of the molecule is Cc1ccc(NN2C(=O)C3CC4C(=CCC5C(=O)N(c6ccc(C(=O)O)c(O)c6)C(=O)C54)C(c4cc(Br)ccc4O)C3(c3ccccc3)C2=O)cc1. The second-order valence-electron chi connectivity index (χ2n) is 13.8. The minimum Gasteiger partial charge on any atom is -0.508 e. The van der Waals surface area contributed by atoms with Crippen LogP contribution in [0.3, 0.4) is 0 Å². The molecular weight excluding hydrogens is 730 g/mol.